The summed E-state index contributed by atoms with van der Waals surface area (Å²) in [6, 6.07) is 0. The molecular weight excluding hydrogens is 320 g/mol. The molecule has 0 atom stereocenters. The van der Waals surface area contributed by atoms with E-state index in [9.17, 15) is 9.59 Å². The molecule has 0 aliphatic heterocycles. The molecule has 0 saturated carbocycles. The Kier molecular flexibility index (Phi) is 11.8. The van der Waals surface area contributed by atoms with E-state index in [1.807, 2.05) is 34.7 Å². The zero-order valence-electron chi connectivity index (χ0n) is 16.7. The first kappa shape index (κ1) is 24.0. The average molecular weight is 359 g/mol. The molecule has 0 aliphatic rings. The SMILES string of the molecule is CNCCNCC(=O)CCC(=O)NC(C)(C)CCOC(C)(C)CCN. The summed E-state index contributed by atoms with van der Waals surface area (Å²) in [6.07, 6.45) is 1.97. The van der Waals surface area contributed by atoms with Gasteiger partial charge in [-0.25, -0.2) is 0 Å². The Morgan fingerprint density at radius 3 is 2.32 bits per heavy atom. The number of carbonyl (C=O) groups is 2. The third-order valence-electron chi connectivity index (χ3n) is 3.95. The number of ketones is 1. The van der Waals surface area contributed by atoms with E-state index >= 15 is 0 Å². The second-order valence-electron chi connectivity index (χ2n) is 7.65. The first-order valence-corrected chi connectivity index (χ1v) is 9.14. The fourth-order valence-electron chi connectivity index (χ4n) is 2.29. The number of amides is 1. The minimum absolute atomic E-state index is 0.0518. The van der Waals surface area contributed by atoms with Crippen LogP contribution in [0, 0.1) is 0 Å². The molecule has 0 unspecified atom stereocenters. The van der Waals surface area contributed by atoms with E-state index < -0.39 is 0 Å². The van der Waals surface area contributed by atoms with Crippen LogP contribution in [0.25, 0.3) is 0 Å². The van der Waals surface area contributed by atoms with Crippen LogP contribution in [0.1, 0.15) is 53.4 Å². The third kappa shape index (κ3) is 13.9. The Balaban J connectivity index is 4.00. The van der Waals surface area contributed by atoms with Crippen LogP contribution in [0.3, 0.4) is 0 Å². The smallest absolute Gasteiger partial charge is 0.220 e. The van der Waals surface area contributed by atoms with Gasteiger partial charge in [-0.1, -0.05) is 0 Å². The van der Waals surface area contributed by atoms with Crippen molar-refractivity contribution in [3.05, 3.63) is 0 Å². The van der Waals surface area contributed by atoms with Crippen LogP contribution in [-0.4, -0.2) is 62.7 Å². The summed E-state index contributed by atoms with van der Waals surface area (Å²) in [5, 5.41) is 9.02. The van der Waals surface area contributed by atoms with Crippen LogP contribution in [-0.2, 0) is 14.3 Å². The number of likely N-dealkylation sites (N-methyl/N-ethyl adjacent to an activating group) is 1. The molecule has 0 saturated heterocycles. The maximum absolute atomic E-state index is 12.1. The molecule has 0 aromatic carbocycles. The summed E-state index contributed by atoms with van der Waals surface area (Å²) in [5.41, 5.74) is 4.95. The topological polar surface area (TPSA) is 105 Å². The lowest BCUT2D eigenvalue weighted by atomic mass is 10.00. The summed E-state index contributed by atoms with van der Waals surface area (Å²) in [4.78, 5) is 23.8. The number of carbonyl (C=O) groups excluding carboxylic acids is 2. The second-order valence-corrected chi connectivity index (χ2v) is 7.65. The molecule has 148 valence electrons. The van der Waals surface area contributed by atoms with Gasteiger partial charge in [0.05, 0.1) is 12.1 Å². The van der Waals surface area contributed by atoms with Crippen molar-refractivity contribution < 1.29 is 14.3 Å². The maximum Gasteiger partial charge on any atom is 0.220 e. The van der Waals surface area contributed by atoms with Crippen LogP contribution < -0.4 is 21.7 Å². The van der Waals surface area contributed by atoms with Gasteiger partial charge in [-0.3, -0.25) is 9.59 Å². The van der Waals surface area contributed by atoms with Gasteiger partial charge in [0.25, 0.3) is 0 Å². The van der Waals surface area contributed by atoms with Gasteiger partial charge in [0.15, 0.2) is 0 Å². The highest BCUT2D eigenvalue weighted by Gasteiger charge is 2.23. The zero-order valence-corrected chi connectivity index (χ0v) is 16.7. The van der Waals surface area contributed by atoms with E-state index in [0.29, 0.717) is 26.1 Å². The summed E-state index contributed by atoms with van der Waals surface area (Å²) in [6.45, 7) is 11.0. The highest BCUT2D eigenvalue weighted by molar-refractivity contribution is 5.86. The number of ether oxygens (including phenoxy) is 1. The normalized spacial score (nSPS) is 12.2. The minimum Gasteiger partial charge on any atom is -0.375 e. The third-order valence-corrected chi connectivity index (χ3v) is 3.95. The largest absolute Gasteiger partial charge is 0.375 e. The van der Waals surface area contributed by atoms with Gasteiger partial charge in [0, 0.05) is 38.1 Å². The summed E-state index contributed by atoms with van der Waals surface area (Å²) < 4.78 is 5.85. The molecule has 0 heterocycles. The Morgan fingerprint density at radius 1 is 1.04 bits per heavy atom. The van der Waals surface area contributed by atoms with E-state index in [2.05, 4.69) is 16.0 Å². The van der Waals surface area contributed by atoms with Crippen molar-refractivity contribution in [2.75, 3.05) is 39.8 Å². The average Bonchev–Trinajstić information content (AvgIpc) is 2.48. The van der Waals surface area contributed by atoms with Crippen molar-refractivity contribution in [1.29, 1.82) is 0 Å². The highest BCUT2D eigenvalue weighted by atomic mass is 16.5. The highest BCUT2D eigenvalue weighted by Crippen LogP contribution is 2.16. The van der Waals surface area contributed by atoms with E-state index in [1.165, 1.54) is 0 Å². The minimum atomic E-state index is -0.371. The molecule has 0 aromatic heterocycles. The predicted molar refractivity (Wildman–Crippen MR) is 102 cm³/mol. The van der Waals surface area contributed by atoms with Crippen LogP contribution >= 0.6 is 0 Å². The van der Waals surface area contributed by atoms with Crippen molar-refractivity contribution in [2.45, 2.75) is 64.5 Å². The van der Waals surface area contributed by atoms with Gasteiger partial charge in [0.1, 0.15) is 5.78 Å². The van der Waals surface area contributed by atoms with Crippen LogP contribution in [0.15, 0.2) is 0 Å². The molecule has 7 nitrogen and oxygen atoms in total. The lowest BCUT2D eigenvalue weighted by molar-refractivity contribution is -0.126. The molecule has 5 N–H and O–H groups in total. The van der Waals surface area contributed by atoms with Crippen LogP contribution in [0.4, 0.5) is 0 Å². The van der Waals surface area contributed by atoms with Crippen molar-refractivity contribution >= 4 is 11.7 Å². The van der Waals surface area contributed by atoms with Gasteiger partial charge in [0.2, 0.25) is 5.91 Å². The second kappa shape index (κ2) is 12.4. The van der Waals surface area contributed by atoms with E-state index in [-0.39, 0.29) is 35.7 Å². The van der Waals surface area contributed by atoms with Crippen LogP contribution in [0.5, 0.6) is 0 Å². The molecule has 0 fully saturated rings. The summed E-state index contributed by atoms with van der Waals surface area (Å²) >= 11 is 0. The lowest BCUT2D eigenvalue weighted by Gasteiger charge is -2.30. The van der Waals surface area contributed by atoms with E-state index in [4.69, 9.17) is 10.5 Å². The van der Waals surface area contributed by atoms with Gasteiger partial charge in [-0.05, 0) is 54.1 Å². The number of nitrogens with two attached hydrogens (primary N) is 1. The fraction of sp³-hybridized carbons (Fsp3) is 0.889. The Bertz CT molecular complexity index is 398. The number of rotatable bonds is 15. The predicted octanol–water partition coefficient (Wildman–Crippen LogP) is 0.574. The lowest BCUT2D eigenvalue weighted by Crippen LogP contribution is -2.45. The summed E-state index contributed by atoms with van der Waals surface area (Å²) in [5.74, 6) is -0.0503. The van der Waals surface area contributed by atoms with Crippen molar-refractivity contribution in [3.63, 3.8) is 0 Å². The number of nitrogens with one attached hydrogen (secondary N) is 3. The van der Waals surface area contributed by atoms with Gasteiger partial charge in [-0.15, -0.1) is 0 Å². The first-order chi connectivity index (χ1) is 11.6. The van der Waals surface area contributed by atoms with Crippen molar-refractivity contribution in [2.24, 2.45) is 5.73 Å². The molecule has 0 rings (SSSR count). The number of hydrogen-bond donors (Lipinski definition) is 4. The Morgan fingerprint density at radius 2 is 1.72 bits per heavy atom. The quantitative estimate of drug-likeness (QED) is 0.319. The number of Topliss-reactive ketones (excluding diaryl/α,β-unsaturated/α-hetero) is 1. The first-order valence-electron chi connectivity index (χ1n) is 9.14. The van der Waals surface area contributed by atoms with Gasteiger partial charge < -0.3 is 26.4 Å². The van der Waals surface area contributed by atoms with Gasteiger partial charge in [-0.2, -0.15) is 0 Å². The van der Waals surface area contributed by atoms with Crippen molar-refractivity contribution in [3.8, 4) is 0 Å². The molecule has 0 spiro atoms. The standard InChI is InChI=1S/C18H38N4O3/c1-17(2,9-13-25-18(3,4)8-10-19)22-16(24)7-6-15(23)14-21-12-11-20-5/h20-21H,6-14,19H2,1-5H3,(H,22,24). The molecule has 1 amide bonds. The van der Waals surface area contributed by atoms with E-state index in [1.54, 1.807) is 0 Å². The number of hydrogen-bond acceptors (Lipinski definition) is 6. The molecule has 0 radical (unpaired) electrons. The molecule has 0 aliphatic carbocycles. The maximum atomic E-state index is 12.1. The monoisotopic (exact) mass is 358 g/mol. The molecule has 25 heavy (non-hydrogen) atoms. The molecule has 0 aromatic rings. The molecule has 0 bridgehead atoms. The van der Waals surface area contributed by atoms with Crippen molar-refractivity contribution in [1.82, 2.24) is 16.0 Å². The fourth-order valence-corrected chi connectivity index (χ4v) is 2.29. The van der Waals surface area contributed by atoms with Crippen LogP contribution in [0.2, 0.25) is 0 Å². The Hall–Kier alpha value is -1.02. The van der Waals surface area contributed by atoms with E-state index in [0.717, 1.165) is 19.5 Å². The van der Waals surface area contributed by atoms with Gasteiger partial charge >= 0.3 is 0 Å². The zero-order chi connectivity index (χ0) is 19.3. The Labute approximate surface area is 152 Å². The molecule has 7 heteroatoms. The summed E-state index contributed by atoms with van der Waals surface area (Å²) in [7, 11) is 1.86. The molecular formula is C18H38N4O3.